The molecule has 0 radical (unpaired) electrons. The predicted molar refractivity (Wildman–Crippen MR) is 163 cm³/mol. The van der Waals surface area contributed by atoms with Crippen LogP contribution in [-0.2, 0) is 15.6 Å². The Hall–Kier alpha value is -2.84. The first kappa shape index (κ1) is 33.7. The van der Waals surface area contributed by atoms with Gasteiger partial charge in [-0.05, 0) is 44.0 Å². The molecule has 2 amide bonds. The van der Waals surface area contributed by atoms with E-state index in [1.54, 1.807) is 24.3 Å². The molecule has 12 nitrogen and oxygen atoms in total. The maximum atomic E-state index is 13.1. The first-order chi connectivity index (χ1) is 20.1. The van der Waals surface area contributed by atoms with Crippen molar-refractivity contribution < 1.29 is 23.1 Å². The number of nitrogens with one attached hydrogen (secondary N) is 1. The number of likely N-dealkylation sites (tertiary alicyclic amines) is 1. The topological polar surface area (TPSA) is 162 Å². The summed E-state index contributed by atoms with van der Waals surface area (Å²) < 4.78 is 23.1. The summed E-state index contributed by atoms with van der Waals surface area (Å²) in [6.07, 6.45) is 5.32. The van der Waals surface area contributed by atoms with Crippen LogP contribution in [0.4, 0.5) is 5.82 Å². The van der Waals surface area contributed by atoms with E-state index >= 15 is 0 Å². The maximum absolute atomic E-state index is 13.1. The predicted octanol–water partition coefficient (Wildman–Crippen LogP) is 1.18. The van der Waals surface area contributed by atoms with Gasteiger partial charge in [0.25, 0.3) is 11.8 Å². The summed E-state index contributed by atoms with van der Waals surface area (Å²) in [5, 5.41) is 11.6. The van der Waals surface area contributed by atoms with E-state index in [0.29, 0.717) is 36.1 Å². The van der Waals surface area contributed by atoms with Crippen molar-refractivity contribution in [3.8, 4) is 0 Å². The minimum Gasteiger partial charge on any atom is -0.395 e. The number of aliphatic hydroxyl groups is 1. The smallest absolute Gasteiger partial charge is 0.271 e. The highest BCUT2D eigenvalue weighted by Crippen LogP contribution is 2.28. The summed E-state index contributed by atoms with van der Waals surface area (Å²) in [6, 6.07) is 7.50. The third kappa shape index (κ3) is 8.83. The number of nitrogens with two attached hydrogens (primary N) is 1. The van der Waals surface area contributed by atoms with Crippen molar-refractivity contribution in [2.75, 3.05) is 64.1 Å². The van der Waals surface area contributed by atoms with Crippen molar-refractivity contribution in [1.29, 1.82) is 0 Å². The van der Waals surface area contributed by atoms with Crippen LogP contribution in [-0.4, -0.2) is 116 Å². The Bertz CT molecular complexity index is 1300. The fourth-order valence-corrected chi connectivity index (χ4v) is 6.53. The van der Waals surface area contributed by atoms with Gasteiger partial charge in [0.1, 0.15) is 5.69 Å². The zero-order valence-electron chi connectivity index (χ0n) is 24.5. The van der Waals surface area contributed by atoms with Crippen LogP contribution in [0.3, 0.4) is 0 Å². The second-order valence-corrected chi connectivity index (χ2v) is 12.9. The third-order valence-electron chi connectivity index (χ3n) is 7.49. The molecule has 0 bridgehead atoms. The van der Waals surface area contributed by atoms with Gasteiger partial charge in [0.2, 0.25) is 0 Å². The highest BCUT2D eigenvalue weighted by molar-refractivity contribution is 7.89. The molecule has 2 aliphatic rings. The average Bonchev–Trinajstić information content (AvgIpc) is 3.00. The average molecular weight is 624 g/mol. The Morgan fingerprint density at radius 2 is 1.79 bits per heavy atom. The molecule has 2 aromatic rings. The molecule has 1 atom stereocenters. The van der Waals surface area contributed by atoms with Crippen molar-refractivity contribution >= 4 is 39.1 Å². The van der Waals surface area contributed by atoms with Gasteiger partial charge in [0.15, 0.2) is 20.8 Å². The molecule has 0 aliphatic carbocycles. The summed E-state index contributed by atoms with van der Waals surface area (Å²) in [6.45, 7) is 5.76. The van der Waals surface area contributed by atoms with Crippen molar-refractivity contribution in [2.45, 2.75) is 44.0 Å². The van der Waals surface area contributed by atoms with Gasteiger partial charge in [-0.3, -0.25) is 14.5 Å². The summed E-state index contributed by atoms with van der Waals surface area (Å²) in [4.78, 5) is 40.4. The Morgan fingerprint density at radius 3 is 2.36 bits per heavy atom. The summed E-state index contributed by atoms with van der Waals surface area (Å²) in [5.74, 6) is 0.0650. The number of rotatable bonds is 9. The van der Waals surface area contributed by atoms with Gasteiger partial charge in [-0.1, -0.05) is 30.7 Å². The van der Waals surface area contributed by atoms with Gasteiger partial charge in [0, 0.05) is 63.2 Å². The van der Waals surface area contributed by atoms with E-state index in [-0.39, 0.29) is 41.7 Å². The minimum atomic E-state index is -3.12. The Balaban J connectivity index is 0.00000237. The molecule has 0 spiro atoms. The number of carbonyl (C=O) groups excluding carboxylic acids is 2. The van der Waals surface area contributed by atoms with Gasteiger partial charge >= 0.3 is 0 Å². The maximum Gasteiger partial charge on any atom is 0.271 e. The quantitative estimate of drug-likeness (QED) is 0.370. The van der Waals surface area contributed by atoms with E-state index in [0.717, 1.165) is 38.9 Å². The number of amides is 2. The number of hydrogen-bond donors (Lipinski definition) is 3. The van der Waals surface area contributed by atoms with Gasteiger partial charge in [-0.2, -0.15) is 0 Å². The summed E-state index contributed by atoms with van der Waals surface area (Å²) in [7, 11) is -1.62. The number of anilines is 1. The van der Waals surface area contributed by atoms with E-state index in [4.69, 9.17) is 16.7 Å². The molecular weight excluding hydrogens is 582 g/mol. The number of aliphatic hydroxyl groups excluding tert-OH is 1. The molecule has 2 aliphatic heterocycles. The highest BCUT2D eigenvalue weighted by Gasteiger charge is 2.35. The van der Waals surface area contributed by atoms with Crippen LogP contribution in [0.2, 0.25) is 5.15 Å². The van der Waals surface area contributed by atoms with Crippen LogP contribution in [0.5, 0.6) is 0 Å². The monoisotopic (exact) mass is 623 g/mol. The van der Waals surface area contributed by atoms with Crippen LogP contribution in [0.25, 0.3) is 0 Å². The molecule has 14 heteroatoms. The lowest BCUT2D eigenvalue weighted by molar-refractivity contribution is 0.0490. The highest BCUT2D eigenvalue weighted by atomic mass is 35.5. The minimum absolute atomic E-state index is 0.0251. The van der Waals surface area contributed by atoms with Crippen LogP contribution in [0, 0.1) is 0 Å². The van der Waals surface area contributed by atoms with Crippen molar-refractivity contribution in [1.82, 2.24) is 25.1 Å². The molecule has 4 rings (SSSR count). The van der Waals surface area contributed by atoms with Gasteiger partial charge in [-0.25, -0.2) is 18.4 Å². The molecule has 1 aromatic heterocycles. The Morgan fingerprint density at radius 1 is 1.12 bits per heavy atom. The molecule has 1 aromatic carbocycles. The van der Waals surface area contributed by atoms with E-state index < -0.39 is 15.7 Å². The van der Waals surface area contributed by atoms with Crippen molar-refractivity contribution in [2.24, 2.45) is 5.73 Å². The van der Waals surface area contributed by atoms with Crippen LogP contribution < -0.4 is 16.0 Å². The first-order valence-electron chi connectivity index (χ1n) is 14.2. The number of hydrogen-bond acceptors (Lipinski definition) is 10. The van der Waals surface area contributed by atoms with Gasteiger partial charge in [0.05, 0.1) is 18.6 Å². The zero-order chi connectivity index (χ0) is 30.9. The number of nitrogens with zero attached hydrogens (tertiary/aromatic N) is 5. The molecule has 2 fully saturated rings. The first-order valence-corrected chi connectivity index (χ1v) is 16.6. The molecule has 3 heterocycles. The second kappa shape index (κ2) is 15.6. The lowest BCUT2D eigenvalue weighted by atomic mass is 9.97. The fourth-order valence-electron chi connectivity index (χ4n) is 5.48. The SMILES string of the molecule is CCC1CN(c2ncc(C(=O)NCCO)nc2Cl)CCN1C1CCN(C(=O)c2ccc(CS(C)(=O)=O)cc2)CC1.CN. The van der Waals surface area contributed by atoms with E-state index in [1.165, 1.54) is 19.5 Å². The Kier molecular flexibility index (Phi) is 12.5. The molecule has 1 unspecified atom stereocenters. The molecular formula is C28H42ClN7O5S. The zero-order valence-corrected chi connectivity index (χ0v) is 26.1. The molecule has 232 valence electrons. The third-order valence-corrected chi connectivity index (χ3v) is 8.60. The number of piperidine rings is 1. The van der Waals surface area contributed by atoms with Crippen LogP contribution in [0.15, 0.2) is 30.5 Å². The van der Waals surface area contributed by atoms with Gasteiger partial charge in [-0.15, -0.1) is 0 Å². The van der Waals surface area contributed by atoms with Crippen LogP contribution in [0.1, 0.15) is 52.6 Å². The number of benzene rings is 1. The van der Waals surface area contributed by atoms with Crippen molar-refractivity contribution in [3.05, 3.63) is 52.4 Å². The number of halogens is 1. The van der Waals surface area contributed by atoms with E-state index in [1.807, 2.05) is 4.90 Å². The lowest BCUT2D eigenvalue weighted by Gasteiger charge is -2.47. The van der Waals surface area contributed by atoms with Crippen LogP contribution >= 0.6 is 11.6 Å². The second-order valence-electron chi connectivity index (χ2n) is 10.4. The molecule has 42 heavy (non-hydrogen) atoms. The number of carbonyl (C=O) groups is 2. The van der Waals surface area contributed by atoms with Gasteiger partial charge < -0.3 is 26.0 Å². The molecule has 4 N–H and O–H groups in total. The normalized spacial score (nSPS) is 18.3. The summed E-state index contributed by atoms with van der Waals surface area (Å²) >= 11 is 6.43. The Labute approximate surface area is 253 Å². The summed E-state index contributed by atoms with van der Waals surface area (Å²) in [5.41, 5.74) is 5.86. The lowest BCUT2D eigenvalue weighted by Crippen LogP contribution is -2.58. The molecule has 2 saturated heterocycles. The fraction of sp³-hybridized carbons (Fsp3) is 0.571. The number of piperazine rings is 1. The van der Waals surface area contributed by atoms with E-state index in [9.17, 15) is 18.0 Å². The largest absolute Gasteiger partial charge is 0.395 e. The number of aromatic nitrogens is 2. The van der Waals surface area contributed by atoms with Crippen molar-refractivity contribution in [3.63, 3.8) is 0 Å². The number of sulfone groups is 1. The molecule has 0 saturated carbocycles. The van der Waals surface area contributed by atoms with E-state index in [2.05, 4.69) is 37.7 Å². The standard InChI is InChI=1S/C27H37ClN6O5S.CH5N/c1-3-21-17-33(25-24(28)31-23(16-30-25)26(36)29-10-15-35)13-14-34(21)22-8-11-32(12-9-22)27(37)20-6-4-19(5-7-20)18-40(2,38)39;1-2/h4-7,16,21-22,35H,3,8-15,17-18H2,1-2H3,(H,29,36);2H2,1H3.